The summed E-state index contributed by atoms with van der Waals surface area (Å²) in [5.74, 6) is -0.311. The first-order chi connectivity index (χ1) is 12.0. The highest BCUT2D eigenvalue weighted by Crippen LogP contribution is 2.19. The van der Waals surface area contributed by atoms with Gasteiger partial charge in [-0.1, -0.05) is 51.9 Å². The minimum Gasteiger partial charge on any atom is -0.480 e. The van der Waals surface area contributed by atoms with Crippen LogP contribution in [0.4, 0.5) is 0 Å². The van der Waals surface area contributed by atoms with Crippen molar-refractivity contribution in [2.24, 2.45) is 17.4 Å². The first kappa shape index (κ1) is 23.9. The number of unbranched alkanes of at least 4 members (excludes halogenated alkanes) is 5. The molecular weight excluding hydrogens is 318 g/mol. The predicted octanol–water partition coefficient (Wildman–Crippen LogP) is 2.79. The lowest BCUT2D eigenvalue weighted by Crippen LogP contribution is -2.29. The minimum absolute atomic E-state index is 0.308. The Morgan fingerprint density at radius 1 is 1.20 bits per heavy atom. The summed E-state index contributed by atoms with van der Waals surface area (Å²) in [4.78, 5) is 21.8. The summed E-state index contributed by atoms with van der Waals surface area (Å²) in [7, 11) is 0. The van der Waals surface area contributed by atoms with Gasteiger partial charge in [0.15, 0.2) is 0 Å². The lowest BCUT2D eigenvalue weighted by Gasteiger charge is -2.12. The number of nitrogens with two attached hydrogens (primary N) is 2. The van der Waals surface area contributed by atoms with E-state index in [1.54, 1.807) is 0 Å². The van der Waals surface area contributed by atoms with Crippen LogP contribution in [-0.2, 0) is 9.59 Å². The Kier molecular flexibility index (Phi) is 15.6. The van der Waals surface area contributed by atoms with Gasteiger partial charge in [0.25, 0.3) is 0 Å². The molecule has 1 aliphatic heterocycles. The summed E-state index contributed by atoms with van der Waals surface area (Å²) in [6, 6.07) is -0.716. The summed E-state index contributed by atoms with van der Waals surface area (Å²) >= 11 is 0. The van der Waals surface area contributed by atoms with Crippen molar-refractivity contribution in [3.8, 4) is 0 Å². The first-order valence-electron chi connectivity index (χ1n) is 9.99. The summed E-state index contributed by atoms with van der Waals surface area (Å²) in [5, 5.41) is 11.3. The van der Waals surface area contributed by atoms with E-state index < -0.39 is 12.0 Å². The van der Waals surface area contributed by atoms with E-state index in [1.807, 2.05) is 0 Å². The summed E-state index contributed by atoms with van der Waals surface area (Å²) < 4.78 is 0. The van der Waals surface area contributed by atoms with Crippen LogP contribution in [0.25, 0.3) is 0 Å². The molecule has 148 valence electrons. The fourth-order valence-corrected chi connectivity index (χ4v) is 2.90. The Hall–Kier alpha value is -1.14. The normalized spacial score (nSPS) is 18.5. The number of hydrogen-bond donors (Lipinski definition) is 4. The highest BCUT2D eigenvalue weighted by Gasteiger charge is 2.19. The molecule has 1 aliphatic rings. The minimum atomic E-state index is -0.933. The summed E-state index contributed by atoms with van der Waals surface area (Å²) in [6.07, 6.45) is 13.3. The quantitative estimate of drug-likeness (QED) is 0.424. The SMILES string of the molecule is CCCCCCCC1CCCCNC1=O.NCCCC[C@H](N)C(=O)O. The zero-order chi connectivity index (χ0) is 18.9. The Balaban J connectivity index is 0.000000504. The third-order valence-corrected chi connectivity index (χ3v) is 4.59. The largest absolute Gasteiger partial charge is 0.480 e. The Morgan fingerprint density at radius 3 is 2.56 bits per heavy atom. The molecule has 1 heterocycles. The number of aliphatic carboxylic acids is 1. The van der Waals surface area contributed by atoms with Crippen LogP contribution < -0.4 is 16.8 Å². The molecule has 1 amide bonds. The van der Waals surface area contributed by atoms with Gasteiger partial charge in [0, 0.05) is 12.5 Å². The van der Waals surface area contributed by atoms with E-state index in [0.29, 0.717) is 24.8 Å². The van der Waals surface area contributed by atoms with Crippen LogP contribution in [0.15, 0.2) is 0 Å². The van der Waals surface area contributed by atoms with E-state index in [9.17, 15) is 9.59 Å². The topological polar surface area (TPSA) is 118 Å². The molecule has 0 aromatic carbocycles. The molecule has 1 saturated heterocycles. The fraction of sp³-hybridized carbons (Fsp3) is 0.895. The van der Waals surface area contributed by atoms with Crippen LogP contribution in [0.2, 0.25) is 0 Å². The van der Waals surface area contributed by atoms with E-state index in [0.717, 1.165) is 38.6 Å². The van der Waals surface area contributed by atoms with Gasteiger partial charge in [0.2, 0.25) is 5.91 Å². The van der Waals surface area contributed by atoms with E-state index in [2.05, 4.69) is 12.2 Å². The molecule has 0 saturated carbocycles. The standard InChI is InChI=1S/C13H25NO.C6H14N2O2/c1-2-3-4-5-6-9-12-10-7-8-11-14-13(12)15;7-4-2-1-3-5(8)6(9)10/h12H,2-11H2,1H3,(H,14,15);5H,1-4,7-8H2,(H,9,10)/t;5-/m.0/s1. The lowest BCUT2D eigenvalue weighted by atomic mass is 9.95. The van der Waals surface area contributed by atoms with Crippen LogP contribution >= 0.6 is 0 Å². The molecule has 0 aromatic rings. The molecule has 2 atom stereocenters. The number of carboxylic acid groups (broad SMARTS) is 1. The maximum Gasteiger partial charge on any atom is 0.320 e. The highest BCUT2D eigenvalue weighted by atomic mass is 16.4. The van der Waals surface area contributed by atoms with Gasteiger partial charge in [-0.2, -0.15) is 0 Å². The third-order valence-electron chi connectivity index (χ3n) is 4.59. The van der Waals surface area contributed by atoms with Gasteiger partial charge in [-0.25, -0.2) is 0 Å². The Labute approximate surface area is 153 Å². The average molecular weight is 358 g/mol. The molecule has 1 fully saturated rings. The second-order valence-corrected chi connectivity index (χ2v) is 6.92. The molecule has 0 aliphatic carbocycles. The predicted molar refractivity (Wildman–Crippen MR) is 102 cm³/mol. The van der Waals surface area contributed by atoms with E-state index in [4.69, 9.17) is 16.6 Å². The van der Waals surface area contributed by atoms with Crippen molar-refractivity contribution in [2.75, 3.05) is 13.1 Å². The van der Waals surface area contributed by atoms with Gasteiger partial charge in [-0.3, -0.25) is 9.59 Å². The molecule has 0 spiro atoms. The number of nitrogens with one attached hydrogen (secondary N) is 1. The fourth-order valence-electron chi connectivity index (χ4n) is 2.90. The van der Waals surface area contributed by atoms with Gasteiger partial charge in [0.1, 0.15) is 6.04 Å². The number of hydrogen-bond acceptors (Lipinski definition) is 4. The molecule has 1 unspecified atom stereocenters. The maximum atomic E-state index is 11.6. The number of carbonyl (C=O) groups is 2. The van der Waals surface area contributed by atoms with Crippen LogP contribution in [0.3, 0.4) is 0 Å². The number of amides is 1. The zero-order valence-electron chi connectivity index (χ0n) is 16.0. The monoisotopic (exact) mass is 357 g/mol. The number of carboxylic acids is 1. The smallest absolute Gasteiger partial charge is 0.320 e. The zero-order valence-corrected chi connectivity index (χ0v) is 16.0. The van der Waals surface area contributed by atoms with Crippen LogP contribution in [0.5, 0.6) is 0 Å². The maximum absolute atomic E-state index is 11.6. The molecule has 6 heteroatoms. The summed E-state index contributed by atoms with van der Waals surface area (Å²) in [6.45, 7) is 3.73. The summed E-state index contributed by atoms with van der Waals surface area (Å²) in [5.41, 5.74) is 10.4. The van der Waals surface area contributed by atoms with Gasteiger partial charge >= 0.3 is 5.97 Å². The first-order valence-corrected chi connectivity index (χ1v) is 9.99. The molecule has 6 N–H and O–H groups in total. The van der Waals surface area contributed by atoms with Crippen molar-refractivity contribution in [2.45, 2.75) is 90.0 Å². The van der Waals surface area contributed by atoms with Crippen molar-refractivity contribution in [1.29, 1.82) is 0 Å². The van der Waals surface area contributed by atoms with E-state index in [-0.39, 0.29) is 0 Å². The van der Waals surface area contributed by atoms with Crippen molar-refractivity contribution in [3.05, 3.63) is 0 Å². The van der Waals surface area contributed by atoms with Gasteiger partial charge in [-0.05, 0) is 38.6 Å². The molecule has 1 rings (SSSR count). The highest BCUT2D eigenvalue weighted by molar-refractivity contribution is 5.78. The van der Waals surface area contributed by atoms with Crippen molar-refractivity contribution >= 4 is 11.9 Å². The Morgan fingerprint density at radius 2 is 1.92 bits per heavy atom. The van der Waals surface area contributed by atoms with Crippen molar-refractivity contribution < 1.29 is 14.7 Å². The number of carbonyl (C=O) groups excluding carboxylic acids is 1. The lowest BCUT2D eigenvalue weighted by molar-refractivity contribution is -0.138. The third kappa shape index (κ3) is 13.8. The van der Waals surface area contributed by atoms with Gasteiger partial charge in [0.05, 0.1) is 0 Å². The average Bonchev–Trinajstić information content (AvgIpc) is 2.80. The van der Waals surface area contributed by atoms with Gasteiger partial charge in [-0.15, -0.1) is 0 Å². The van der Waals surface area contributed by atoms with Crippen LogP contribution in [0.1, 0.15) is 84.0 Å². The van der Waals surface area contributed by atoms with E-state index in [1.165, 1.54) is 38.5 Å². The van der Waals surface area contributed by atoms with Crippen molar-refractivity contribution in [3.63, 3.8) is 0 Å². The second-order valence-electron chi connectivity index (χ2n) is 6.92. The van der Waals surface area contributed by atoms with Crippen molar-refractivity contribution in [1.82, 2.24) is 5.32 Å². The van der Waals surface area contributed by atoms with Crippen LogP contribution in [0, 0.1) is 5.92 Å². The van der Waals surface area contributed by atoms with Gasteiger partial charge < -0.3 is 21.9 Å². The second kappa shape index (κ2) is 16.3. The molecule has 0 aromatic heterocycles. The molecular formula is C19H39N3O3. The molecule has 6 nitrogen and oxygen atoms in total. The molecule has 25 heavy (non-hydrogen) atoms. The number of rotatable bonds is 11. The molecule has 0 radical (unpaired) electrons. The Bertz CT molecular complexity index is 351. The van der Waals surface area contributed by atoms with Crippen LogP contribution in [-0.4, -0.2) is 36.1 Å². The van der Waals surface area contributed by atoms with E-state index >= 15 is 0 Å². The molecule has 0 bridgehead atoms.